The number of rotatable bonds is 4. The normalized spacial score (nSPS) is 24.5. The van der Waals surface area contributed by atoms with Crippen molar-refractivity contribution < 1.29 is 14.7 Å². The van der Waals surface area contributed by atoms with Crippen LogP contribution in [0.1, 0.15) is 19.3 Å². The summed E-state index contributed by atoms with van der Waals surface area (Å²) in [7, 11) is 0. The third-order valence-electron chi connectivity index (χ3n) is 3.14. The van der Waals surface area contributed by atoms with Crippen LogP contribution in [0.3, 0.4) is 0 Å². The molecule has 2 N–H and O–H groups in total. The maximum absolute atomic E-state index is 11.9. The maximum Gasteiger partial charge on any atom is 0.317 e. The van der Waals surface area contributed by atoms with Gasteiger partial charge in [0.25, 0.3) is 0 Å². The van der Waals surface area contributed by atoms with Crippen molar-refractivity contribution in [2.75, 3.05) is 24.6 Å². The van der Waals surface area contributed by atoms with Gasteiger partial charge >= 0.3 is 12.0 Å². The minimum Gasteiger partial charge on any atom is -0.481 e. The molecular weight excluding hydrogens is 240 g/mol. The highest BCUT2D eigenvalue weighted by Gasteiger charge is 2.30. The number of amides is 2. The second-order valence-corrected chi connectivity index (χ2v) is 5.80. The zero-order chi connectivity index (χ0) is 12.3. The summed E-state index contributed by atoms with van der Waals surface area (Å²) < 4.78 is 0. The predicted octanol–water partition coefficient (Wildman–Crippen LogP) is 0.998. The highest BCUT2D eigenvalue weighted by Crippen LogP contribution is 2.27. The lowest BCUT2D eigenvalue weighted by molar-refractivity contribution is -0.137. The largest absolute Gasteiger partial charge is 0.481 e. The number of nitrogens with zero attached hydrogens (tertiary/aromatic N) is 1. The van der Waals surface area contributed by atoms with Gasteiger partial charge in [-0.1, -0.05) is 0 Å². The van der Waals surface area contributed by atoms with Crippen LogP contribution < -0.4 is 5.32 Å². The van der Waals surface area contributed by atoms with Crippen LogP contribution in [-0.4, -0.2) is 52.6 Å². The molecule has 1 aliphatic carbocycles. The number of carbonyl (C=O) groups is 2. The van der Waals surface area contributed by atoms with Gasteiger partial charge in [-0.15, -0.1) is 0 Å². The highest BCUT2D eigenvalue weighted by atomic mass is 32.2. The molecule has 2 aliphatic rings. The molecule has 1 saturated carbocycles. The summed E-state index contributed by atoms with van der Waals surface area (Å²) >= 11 is 1.72. The van der Waals surface area contributed by atoms with E-state index in [0.717, 1.165) is 18.1 Å². The van der Waals surface area contributed by atoms with E-state index >= 15 is 0 Å². The first-order valence-electron chi connectivity index (χ1n) is 6.01. The molecule has 2 amide bonds. The second kappa shape index (κ2) is 5.62. The van der Waals surface area contributed by atoms with E-state index in [-0.39, 0.29) is 18.5 Å². The minimum atomic E-state index is -0.836. The molecule has 0 bridgehead atoms. The number of aliphatic carboxylic acids is 1. The summed E-state index contributed by atoms with van der Waals surface area (Å²) in [6, 6.07) is -0.256. The van der Waals surface area contributed by atoms with Crippen molar-refractivity contribution in [3.63, 3.8) is 0 Å². The van der Waals surface area contributed by atoms with Crippen molar-refractivity contribution in [1.82, 2.24) is 10.2 Å². The van der Waals surface area contributed by atoms with Crippen molar-refractivity contribution in [2.24, 2.45) is 5.92 Å². The van der Waals surface area contributed by atoms with Gasteiger partial charge in [0.1, 0.15) is 0 Å². The van der Waals surface area contributed by atoms with Crippen molar-refractivity contribution in [3.05, 3.63) is 0 Å². The zero-order valence-electron chi connectivity index (χ0n) is 9.72. The van der Waals surface area contributed by atoms with E-state index in [0.29, 0.717) is 12.5 Å². The van der Waals surface area contributed by atoms with Crippen LogP contribution in [0.5, 0.6) is 0 Å². The molecule has 6 heteroatoms. The molecule has 5 nitrogen and oxygen atoms in total. The summed E-state index contributed by atoms with van der Waals surface area (Å²) in [6.45, 7) is 1.39. The molecule has 2 rings (SSSR count). The summed E-state index contributed by atoms with van der Waals surface area (Å²) in [6.07, 6.45) is 2.45. The fourth-order valence-corrected chi connectivity index (χ4v) is 3.01. The van der Waals surface area contributed by atoms with Gasteiger partial charge in [-0.05, 0) is 18.8 Å². The first-order chi connectivity index (χ1) is 8.16. The lowest BCUT2D eigenvalue weighted by Crippen LogP contribution is -2.51. The highest BCUT2D eigenvalue weighted by molar-refractivity contribution is 7.99. The van der Waals surface area contributed by atoms with Crippen molar-refractivity contribution in [3.8, 4) is 0 Å². The summed E-state index contributed by atoms with van der Waals surface area (Å²) in [5.41, 5.74) is 0. The lowest BCUT2D eigenvalue weighted by Gasteiger charge is -2.34. The summed E-state index contributed by atoms with van der Waals surface area (Å²) in [5, 5.41) is 11.7. The molecule has 1 atom stereocenters. The first kappa shape index (κ1) is 12.5. The molecule has 1 unspecified atom stereocenters. The van der Waals surface area contributed by atoms with E-state index in [4.69, 9.17) is 5.11 Å². The van der Waals surface area contributed by atoms with Crippen LogP contribution in [0.15, 0.2) is 0 Å². The third-order valence-corrected chi connectivity index (χ3v) is 4.23. The van der Waals surface area contributed by atoms with Crippen molar-refractivity contribution >= 4 is 23.8 Å². The average molecular weight is 258 g/mol. The van der Waals surface area contributed by atoms with Crippen LogP contribution >= 0.6 is 11.8 Å². The molecule has 2 fully saturated rings. The number of carboxylic acids is 1. The molecule has 0 aromatic heterocycles. The van der Waals surface area contributed by atoms with Crippen LogP contribution in [0, 0.1) is 5.92 Å². The van der Waals surface area contributed by atoms with Gasteiger partial charge in [0.2, 0.25) is 0 Å². The predicted molar refractivity (Wildman–Crippen MR) is 66.2 cm³/mol. The van der Waals surface area contributed by atoms with Crippen molar-refractivity contribution in [1.29, 1.82) is 0 Å². The Hall–Kier alpha value is -0.910. The Morgan fingerprint density at radius 1 is 1.41 bits per heavy atom. The van der Waals surface area contributed by atoms with E-state index in [1.807, 2.05) is 0 Å². The molecule has 1 heterocycles. The van der Waals surface area contributed by atoms with E-state index in [9.17, 15) is 9.59 Å². The summed E-state index contributed by atoms with van der Waals surface area (Å²) in [4.78, 5) is 24.4. The topological polar surface area (TPSA) is 69.6 Å². The van der Waals surface area contributed by atoms with E-state index < -0.39 is 5.97 Å². The number of urea groups is 1. The quantitative estimate of drug-likeness (QED) is 0.789. The van der Waals surface area contributed by atoms with Gasteiger partial charge in [0, 0.05) is 24.6 Å². The Labute approximate surface area is 105 Å². The molecule has 96 valence electrons. The number of thioether (sulfide) groups is 1. The van der Waals surface area contributed by atoms with Gasteiger partial charge in [0.05, 0.1) is 12.5 Å². The first-order valence-corrected chi connectivity index (χ1v) is 7.16. The Bertz CT molecular complexity index is 307. The van der Waals surface area contributed by atoms with Gasteiger partial charge in [-0.2, -0.15) is 11.8 Å². The van der Waals surface area contributed by atoms with Crippen LogP contribution in [0.2, 0.25) is 0 Å². The van der Waals surface area contributed by atoms with Gasteiger partial charge in [-0.3, -0.25) is 4.79 Å². The Kier molecular flexibility index (Phi) is 4.15. The van der Waals surface area contributed by atoms with Crippen LogP contribution in [-0.2, 0) is 4.79 Å². The number of hydrogen-bond acceptors (Lipinski definition) is 3. The molecule has 1 aliphatic heterocycles. The SMILES string of the molecule is O=C(O)CC1CSCCN1C(=O)NCC1CC1. The maximum atomic E-state index is 11.9. The fraction of sp³-hybridized carbons (Fsp3) is 0.818. The Morgan fingerprint density at radius 2 is 2.18 bits per heavy atom. The molecule has 0 aromatic carbocycles. The molecular formula is C11H18N2O3S. The van der Waals surface area contributed by atoms with Gasteiger partial charge in [0.15, 0.2) is 0 Å². The number of carbonyl (C=O) groups excluding carboxylic acids is 1. The monoisotopic (exact) mass is 258 g/mol. The van der Waals surface area contributed by atoms with Crippen LogP contribution in [0.25, 0.3) is 0 Å². The standard InChI is InChI=1S/C11H18N2O3S/c14-10(15)5-9-7-17-4-3-13(9)11(16)12-6-8-1-2-8/h8-9H,1-7H2,(H,12,16)(H,14,15). The molecule has 1 saturated heterocycles. The molecule has 0 spiro atoms. The number of hydrogen-bond donors (Lipinski definition) is 2. The fourth-order valence-electron chi connectivity index (χ4n) is 1.95. The van der Waals surface area contributed by atoms with Crippen LogP contribution in [0.4, 0.5) is 4.79 Å². The second-order valence-electron chi connectivity index (χ2n) is 4.65. The lowest BCUT2D eigenvalue weighted by atomic mass is 10.2. The zero-order valence-corrected chi connectivity index (χ0v) is 10.5. The smallest absolute Gasteiger partial charge is 0.317 e. The van der Waals surface area contributed by atoms with Gasteiger partial charge < -0.3 is 15.3 Å². The molecule has 17 heavy (non-hydrogen) atoms. The number of carboxylic acid groups (broad SMARTS) is 1. The molecule has 0 radical (unpaired) electrons. The Morgan fingerprint density at radius 3 is 2.82 bits per heavy atom. The number of nitrogens with one attached hydrogen (secondary N) is 1. The minimum absolute atomic E-state index is 0.0455. The molecule has 0 aromatic rings. The van der Waals surface area contributed by atoms with E-state index in [1.165, 1.54) is 12.8 Å². The van der Waals surface area contributed by atoms with E-state index in [1.54, 1.807) is 16.7 Å². The average Bonchev–Trinajstić information content (AvgIpc) is 3.09. The Balaban J connectivity index is 1.84. The van der Waals surface area contributed by atoms with Crippen molar-refractivity contribution in [2.45, 2.75) is 25.3 Å². The third kappa shape index (κ3) is 3.80. The van der Waals surface area contributed by atoms with E-state index in [2.05, 4.69) is 5.32 Å². The van der Waals surface area contributed by atoms with Gasteiger partial charge in [-0.25, -0.2) is 4.79 Å². The summed E-state index contributed by atoms with van der Waals surface area (Å²) in [5.74, 6) is 1.43.